The Kier molecular flexibility index (Phi) is 1.69. The van der Waals surface area contributed by atoms with Crippen LogP contribution in [-0.4, -0.2) is 6.04 Å². The quantitative estimate of drug-likeness (QED) is 0.482. The summed E-state index contributed by atoms with van der Waals surface area (Å²) in [6, 6.07) is 0.505. The Morgan fingerprint density at radius 2 is 1.86 bits per heavy atom. The molecule has 0 amide bonds. The zero-order valence-corrected chi connectivity index (χ0v) is 4.56. The van der Waals surface area contributed by atoms with Gasteiger partial charge in [-0.2, -0.15) is 0 Å². The lowest BCUT2D eigenvalue weighted by Crippen LogP contribution is -2.22. The van der Waals surface area contributed by atoms with E-state index in [1.807, 2.05) is 0 Å². The lowest BCUT2D eigenvalue weighted by Gasteiger charge is -2.15. The van der Waals surface area contributed by atoms with Crippen LogP contribution in [0.25, 0.3) is 0 Å². The third-order valence-electron chi connectivity index (χ3n) is 1.48. The van der Waals surface area contributed by atoms with Crippen LogP contribution in [-0.2, 0) is 0 Å². The summed E-state index contributed by atoms with van der Waals surface area (Å²) in [5.41, 5.74) is 5.61. The largest absolute Gasteiger partial charge is 0.328 e. The van der Waals surface area contributed by atoms with Crippen LogP contribution >= 0.6 is 0 Å². The highest BCUT2D eigenvalue weighted by Crippen LogP contribution is 2.13. The Hall–Kier alpha value is -0.0400. The van der Waals surface area contributed by atoms with Crippen molar-refractivity contribution in [3.63, 3.8) is 0 Å². The van der Waals surface area contributed by atoms with Crippen molar-refractivity contribution in [2.75, 3.05) is 0 Å². The van der Waals surface area contributed by atoms with Crippen molar-refractivity contribution in [3.05, 3.63) is 6.42 Å². The molecule has 0 atom stereocenters. The van der Waals surface area contributed by atoms with Crippen LogP contribution in [0.3, 0.4) is 0 Å². The van der Waals surface area contributed by atoms with Gasteiger partial charge in [0.25, 0.3) is 0 Å². The van der Waals surface area contributed by atoms with Crippen LogP contribution in [0.1, 0.15) is 25.7 Å². The molecule has 1 aliphatic carbocycles. The van der Waals surface area contributed by atoms with Crippen molar-refractivity contribution >= 4 is 0 Å². The Morgan fingerprint density at radius 1 is 1.29 bits per heavy atom. The molecule has 0 spiro atoms. The first kappa shape index (κ1) is 5.10. The summed E-state index contributed by atoms with van der Waals surface area (Å²) in [4.78, 5) is 0. The van der Waals surface area contributed by atoms with E-state index in [0.717, 1.165) is 0 Å². The molecule has 1 heteroatoms. The normalized spacial score (nSPS) is 25.3. The average molecular weight is 98.2 g/mol. The average Bonchev–Trinajstić information content (AvgIpc) is 1.69. The SMILES string of the molecule is NC1CC[CH]CC1. The van der Waals surface area contributed by atoms with Crippen molar-refractivity contribution in [2.45, 2.75) is 31.7 Å². The van der Waals surface area contributed by atoms with Gasteiger partial charge in [0.1, 0.15) is 0 Å². The number of rotatable bonds is 0. The fourth-order valence-electron chi connectivity index (χ4n) is 0.953. The number of hydrogen-bond donors (Lipinski definition) is 1. The summed E-state index contributed by atoms with van der Waals surface area (Å²) < 4.78 is 0. The van der Waals surface area contributed by atoms with Crippen LogP contribution in [0.5, 0.6) is 0 Å². The first-order valence-electron chi connectivity index (χ1n) is 2.97. The molecule has 7 heavy (non-hydrogen) atoms. The summed E-state index contributed by atoms with van der Waals surface area (Å²) in [6.45, 7) is 0. The molecule has 1 nitrogen and oxygen atoms in total. The van der Waals surface area contributed by atoms with Crippen LogP contribution < -0.4 is 5.73 Å². The topological polar surface area (TPSA) is 26.0 Å². The van der Waals surface area contributed by atoms with Crippen molar-refractivity contribution in [1.29, 1.82) is 0 Å². The van der Waals surface area contributed by atoms with E-state index in [-0.39, 0.29) is 0 Å². The van der Waals surface area contributed by atoms with Crippen molar-refractivity contribution < 1.29 is 0 Å². The van der Waals surface area contributed by atoms with E-state index in [0.29, 0.717) is 6.04 Å². The van der Waals surface area contributed by atoms with E-state index in [2.05, 4.69) is 6.42 Å². The van der Waals surface area contributed by atoms with E-state index in [9.17, 15) is 0 Å². The maximum atomic E-state index is 5.61. The van der Waals surface area contributed by atoms with Crippen molar-refractivity contribution in [3.8, 4) is 0 Å². The fourth-order valence-corrected chi connectivity index (χ4v) is 0.953. The molecule has 0 heterocycles. The predicted octanol–water partition coefficient (Wildman–Crippen LogP) is 1.09. The fraction of sp³-hybridized carbons (Fsp3) is 0.833. The predicted molar refractivity (Wildman–Crippen MR) is 30.7 cm³/mol. The molecule has 1 fully saturated rings. The van der Waals surface area contributed by atoms with Gasteiger partial charge in [0.2, 0.25) is 0 Å². The zero-order chi connectivity index (χ0) is 5.11. The molecule has 2 N–H and O–H groups in total. The lowest BCUT2D eigenvalue weighted by molar-refractivity contribution is 0.507. The van der Waals surface area contributed by atoms with Gasteiger partial charge >= 0.3 is 0 Å². The second kappa shape index (κ2) is 2.31. The molecule has 0 aromatic heterocycles. The molecule has 0 bridgehead atoms. The van der Waals surface area contributed by atoms with Crippen LogP contribution in [0.4, 0.5) is 0 Å². The Balaban J connectivity index is 2.12. The molecule has 0 unspecified atom stereocenters. The maximum absolute atomic E-state index is 5.61. The third-order valence-corrected chi connectivity index (χ3v) is 1.48. The molecule has 1 rings (SSSR count). The van der Waals surface area contributed by atoms with Gasteiger partial charge in [-0.3, -0.25) is 0 Å². The standard InChI is InChI=1S/C6H12N/c7-6-4-2-1-3-5-6/h1,6H,2-5,7H2. The van der Waals surface area contributed by atoms with Gasteiger partial charge in [0, 0.05) is 6.04 Å². The molecule has 0 aromatic carbocycles. The number of hydrogen-bond acceptors (Lipinski definition) is 1. The summed E-state index contributed by atoms with van der Waals surface area (Å²) in [5, 5.41) is 0. The molecular weight excluding hydrogens is 86.1 g/mol. The first-order chi connectivity index (χ1) is 3.39. The molecule has 41 valence electrons. The highest BCUT2D eigenvalue weighted by Gasteiger charge is 2.06. The van der Waals surface area contributed by atoms with Gasteiger partial charge < -0.3 is 5.73 Å². The van der Waals surface area contributed by atoms with Gasteiger partial charge in [0.05, 0.1) is 0 Å². The van der Waals surface area contributed by atoms with Crippen molar-refractivity contribution in [2.24, 2.45) is 5.73 Å². The second-order valence-corrected chi connectivity index (χ2v) is 2.20. The zero-order valence-electron chi connectivity index (χ0n) is 4.56. The number of nitrogens with two attached hydrogens (primary N) is 1. The summed E-state index contributed by atoms with van der Waals surface area (Å²) >= 11 is 0. The molecule has 1 radical (unpaired) electrons. The molecule has 0 aromatic rings. The summed E-state index contributed by atoms with van der Waals surface area (Å²) in [6.07, 6.45) is 7.21. The highest BCUT2D eigenvalue weighted by atomic mass is 14.6. The molecular formula is C6H12N. The van der Waals surface area contributed by atoms with E-state index in [1.54, 1.807) is 0 Å². The summed E-state index contributed by atoms with van der Waals surface area (Å²) in [7, 11) is 0. The third kappa shape index (κ3) is 1.48. The summed E-state index contributed by atoms with van der Waals surface area (Å²) in [5.74, 6) is 0. The Bertz CT molecular complexity index is 46.1. The van der Waals surface area contributed by atoms with Crippen LogP contribution in [0, 0.1) is 6.42 Å². The van der Waals surface area contributed by atoms with E-state index in [1.165, 1.54) is 25.7 Å². The second-order valence-electron chi connectivity index (χ2n) is 2.20. The van der Waals surface area contributed by atoms with E-state index < -0.39 is 0 Å². The molecule has 0 aliphatic heterocycles. The van der Waals surface area contributed by atoms with Crippen molar-refractivity contribution in [1.82, 2.24) is 0 Å². The molecule has 1 aliphatic rings. The minimum absolute atomic E-state index is 0.505. The first-order valence-corrected chi connectivity index (χ1v) is 2.97. The Labute approximate surface area is 44.9 Å². The minimum atomic E-state index is 0.505. The minimum Gasteiger partial charge on any atom is -0.328 e. The van der Waals surface area contributed by atoms with E-state index >= 15 is 0 Å². The smallest absolute Gasteiger partial charge is 0.00390 e. The monoisotopic (exact) mass is 98.1 g/mol. The van der Waals surface area contributed by atoms with Gasteiger partial charge in [-0.1, -0.05) is 0 Å². The van der Waals surface area contributed by atoms with Crippen LogP contribution in [0.15, 0.2) is 0 Å². The van der Waals surface area contributed by atoms with Crippen LogP contribution in [0.2, 0.25) is 0 Å². The highest BCUT2D eigenvalue weighted by molar-refractivity contribution is 4.77. The van der Waals surface area contributed by atoms with Gasteiger partial charge in [-0.05, 0) is 32.1 Å². The molecule has 1 saturated carbocycles. The maximum Gasteiger partial charge on any atom is 0.00390 e. The Morgan fingerprint density at radius 3 is 2.14 bits per heavy atom. The van der Waals surface area contributed by atoms with Gasteiger partial charge in [0.15, 0.2) is 0 Å². The molecule has 0 saturated heterocycles. The lowest BCUT2D eigenvalue weighted by atomic mass is 9.97. The van der Waals surface area contributed by atoms with E-state index in [4.69, 9.17) is 5.73 Å². The van der Waals surface area contributed by atoms with Gasteiger partial charge in [-0.15, -0.1) is 0 Å². The van der Waals surface area contributed by atoms with Gasteiger partial charge in [-0.25, -0.2) is 0 Å².